The lowest BCUT2D eigenvalue weighted by Gasteiger charge is -2.18. The van der Waals surface area contributed by atoms with Gasteiger partial charge in [-0.3, -0.25) is 14.4 Å². The summed E-state index contributed by atoms with van der Waals surface area (Å²) in [5.41, 5.74) is 0. The summed E-state index contributed by atoms with van der Waals surface area (Å²) in [6.07, 6.45) is 60.4. The number of carbonyl (C=O) groups is 3. The van der Waals surface area contributed by atoms with Crippen molar-refractivity contribution in [3.05, 3.63) is 134 Å². The molecule has 0 aromatic carbocycles. The molecular formula is C50H74O6. The van der Waals surface area contributed by atoms with Crippen LogP contribution in [0.15, 0.2) is 134 Å². The number of carbonyl (C=O) groups excluding carboxylic acids is 3. The number of ether oxygens (including phenoxy) is 3. The Hall–Kier alpha value is -4.45. The van der Waals surface area contributed by atoms with Crippen LogP contribution in [0.5, 0.6) is 0 Å². The fourth-order valence-corrected chi connectivity index (χ4v) is 4.95. The summed E-state index contributed by atoms with van der Waals surface area (Å²) in [5, 5.41) is 0. The predicted molar refractivity (Wildman–Crippen MR) is 237 cm³/mol. The lowest BCUT2D eigenvalue weighted by molar-refractivity contribution is -0.166. The number of esters is 3. The zero-order valence-corrected chi connectivity index (χ0v) is 35.1. The third kappa shape index (κ3) is 40.7. The van der Waals surface area contributed by atoms with Gasteiger partial charge in [-0.2, -0.15) is 0 Å². The molecule has 0 heterocycles. The summed E-state index contributed by atoms with van der Waals surface area (Å²) in [7, 11) is 0. The van der Waals surface area contributed by atoms with E-state index in [1.165, 1.54) is 0 Å². The predicted octanol–water partition coefficient (Wildman–Crippen LogP) is 13.6. The first-order chi connectivity index (χ1) is 27.5. The Bertz CT molecular complexity index is 1300. The third-order valence-corrected chi connectivity index (χ3v) is 8.04. The highest BCUT2D eigenvalue weighted by Crippen LogP contribution is 2.10. The molecule has 0 amide bonds. The SMILES string of the molecule is CC\C=C/C=C\C=C/C=C\C=C/CCCCCC(=O)OCC(COC(=O)C/C=C\C/C=C\C/C=C\CC)OC(=O)CCCCCC/C=C\C/C=C\C/C=C\CC. The Morgan fingerprint density at radius 1 is 0.393 bits per heavy atom. The van der Waals surface area contributed by atoms with E-state index >= 15 is 0 Å². The Morgan fingerprint density at radius 2 is 0.804 bits per heavy atom. The second-order valence-electron chi connectivity index (χ2n) is 13.2. The van der Waals surface area contributed by atoms with Crippen LogP contribution in [-0.2, 0) is 28.6 Å². The van der Waals surface area contributed by atoms with Gasteiger partial charge in [0, 0.05) is 12.8 Å². The van der Waals surface area contributed by atoms with Crippen molar-refractivity contribution in [3.8, 4) is 0 Å². The minimum Gasteiger partial charge on any atom is -0.462 e. The molecule has 310 valence electrons. The van der Waals surface area contributed by atoms with Gasteiger partial charge in [0.05, 0.1) is 6.42 Å². The highest BCUT2D eigenvalue weighted by Gasteiger charge is 2.19. The van der Waals surface area contributed by atoms with Crippen molar-refractivity contribution >= 4 is 17.9 Å². The summed E-state index contributed by atoms with van der Waals surface area (Å²) in [6.45, 7) is 6.05. The van der Waals surface area contributed by atoms with Crippen LogP contribution in [0.2, 0.25) is 0 Å². The van der Waals surface area contributed by atoms with Gasteiger partial charge in [-0.1, -0.05) is 174 Å². The van der Waals surface area contributed by atoms with Crippen LogP contribution >= 0.6 is 0 Å². The van der Waals surface area contributed by atoms with Gasteiger partial charge >= 0.3 is 17.9 Å². The molecule has 6 heteroatoms. The minimum absolute atomic E-state index is 0.115. The van der Waals surface area contributed by atoms with Crippen LogP contribution < -0.4 is 0 Å². The molecular weight excluding hydrogens is 697 g/mol. The molecule has 1 atom stereocenters. The molecule has 1 unspecified atom stereocenters. The molecule has 0 N–H and O–H groups in total. The Morgan fingerprint density at radius 3 is 1.38 bits per heavy atom. The first kappa shape index (κ1) is 51.5. The van der Waals surface area contributed by atoms with E-state index in [0.717, 1.165) is 89.9 Å². The zero-order valence-electron chi connectivity index (χ0n) is 35.1. The zero-order chi connectivity index (χ0) is 40.8. The maximum atomic E-state index is 12.7. The van der Waals surface area contributed by atoms with Crippen molar-refractivity contribution < 1.29 is 28.6 Å². The minimum atomic E-state index is -0.845. The fourth-order valence-electron chi connectivity index (χ4n) is 4.95. The largest absolute Gasteiger partial charge is 0.462 e. The van der Waals surface area contributed by atoms with Gasteiger partial charge in [-0.05, 0) is 83.5 Å². The molecule has 6 nitrogen and oxygen atoms in total. The molecule has 0 aromatic heterocycles. The number of unbranched alkanes of at least 4 members (excludes halogenated alkanes) is 7. The maximum Gasteiger partial charge on any atom is 0.309 e. The molecule has 0 saturated heterocycles. The van der Waals surface area contributed by atoms with Crippen molar-refractivity contribution in [2.45, 2.75) is 149 Å². The van der Waals surface area contributed by atoms with Crippen molar-refractivity contribution in [2.24, 2.45) is 0 Å². The van der Waals surface area contributed by atoms with Gasteiger partial charge in [-0.25, -0.2) is 0 Å². The average molecular weight is 771 g/mol. The van der Waals surface area contributed by atoms with Crippen LogP contribution in [0.25, 0.3) is 0 Å². The lowest BCUT2D eigenvalue weighted by atomic mass is 10.1. The summed E-state index contributed by atoms with van der Waals surface area (Å²) >= 11 is 0. The molecule has 0 aliphatic heterocycles. The molecule has 0 fully saturated rings. The van der Waals surface area contributed by atoms with E-state index in [-0.39, 0.29) is 44.4 Å². The standard InChI is InChI=1S/C50H74O6/c1-4-7-10-13-16-19-21-23-25-27-28-31-34-37-40-43-49(52)55-46-47(45-54-48(51)42-39-36-33-30-18-15-12-9-6-3)56-50(53)44-41-38-35-32-29-26-24-22-20-17-14-11-8-5-2/h7-13,16-21,23-28,30,36,39,47H,4-6,14-15,22,29,31-35,37-38,40-46H2,1-3H3/b10-7-,11-8-,12-9-,16-13-,20-17-,21-19-,25-23-,26-24-,28-27-,30-18-,39-36-. The number of rotatable bonds is 35. The van der Waals surface area contributed by atoms with E-state index in [4.69, 9.17) is 14.2 Å². The molecule has 0 radical (unpaired) electrons. The molecule has 0 bridgehead atoms. The summed E-state index contributed by atoms with van der Waals surface area (Å²) in [4.78, 5) is 37.6. The van der Waals surface area contributed by atoms with Gasteiger partial charge < -0.3 is 14.2 Å². The van der Waals surface area contributed by atoms with E-state index in [0.29, 0.717) is 12.8 Å². The van der Waals surface area contributed by atoms with Crippen molar-refractivity contribution in [1.29, 1.82) is 0 Å². The van der Waals surface area contributed by atoms with Crippen molar-refractivity contribution in [3.63, 3.8) is 0 Å². The maximum absolute atomic E-state index is 12.7. The van der Waals surface area contributed by atoms with Gasteiger partial charge in [0.15, 0.2) is 6.10 Å². The Kier molecular flexibility index (Phi) is 39.8. The highest BCUT2D eigenvalue weighted by molar-refractivity contribution is 5.72. The summed E-state index contributed by atoms with van der Waals surface area (Å²) in [5.74, 6) is -1.15. The van der Waals surface area contributed by atoms with E-state index < -0.39 is 12.1 Å². The Labute approximate surface area is 341 Å². The van der Waals surface area contributed by atoms with E-state index in [2.05, 4.69) is 93.7 Å². The first-order valence-electron chi connectivity index (χ1n) is 21.3. The second kappa shape index (κ2) is 43.3. The van der Waals surface area contributed by atoms with Crippen molar-refractivity contribution in [1.82, 2.24) is 0 Å². The number of allylic oxidation sites excluding steroid dienone is 21. The van der Waals surface area contributed by atoms with Gasteiger partial charge in [-0.15, -0.1) is 0 Å². The number of hydrogen-bond donors (Lipinski definition) is 0. The molecule has 0 rings (SSSR count). The van der Waals surface area contributed by atoms with E-state index in [1.54, 1.807) is 6.08 Å². The topological polar surface area (TPSA) is 78.9 Å². The lowest BCUT2D eigenvalue weighted by Crippen LogP contribution is -2.30. The molecule has 0 aliphatic carbocycles. The van der Waals surface area contributed by atoms with Crippen LogP contribution in [0, 0.1) is 0 Å². The quantitative estimate of drug-likeness (QED) is 0.0210. The fraction of sp³-hybridized carbons (Fsp3) is 0.500. The molecule has 0 saturated carbocycles. The summed E-state index contributed by atoms with van der Waals surface area (Å²) < 4.78 is 16.5. The van der Waals surface area contributed by atoms with Crippen LogP contribution in [0.1, 0.15) is 143 Å². The average Bonchev–Trinajstić information content (AvgIpc) is 3.19. The van der Waals surface area contributed by atoms with Crippen LogP contribution in [0.4, 0.5) is 0 Å². The monoisotopic (exact) mass is 771 g/mol. The normalized spacial score (nSPS) is 13.4. The Balaban J connectivity index is 4.60. The smallest absolute Gasteiger partial charge is 0.309 e. The molecule has 0 aliphatic rings. The van der Waals surface area contributed by atoms with Crippen molar-refractivity contribution in [2.75, 3.05) is 13.2 Å². The third-order valence-electron chi connectivity index (χ3n) is 8.04. The molecule has 0 aromatic rings. The van der Waals surface area contributed by atoms with Crippen LogP contribution in [-0.4, -0.2) is 37.2 Å². The summed E-state index contributed by atoms with van der Waals surface area (Å²) in [6, 6.07) is 0. The van der Waals surface area contributed by atoms with Crippen LogP contribution in [0.3, 0.4) is 0 Å². The van der Waals surface area contributed by atoms with E-state index in [1.807, 2.05) is 54.7 Å². The highest BCUT2D eigenvalue weighted by atomic mass is 16.6. The van der Waals surface area contributed by atoms with Gasteiger partial charge in [0.1, 0.15) is 13.2 Å². The van der Waals surface area contributed by atoms with Gasteiger partial charge in [0.2, 0.25) is 0 Å². The molecule has 0 spiro atoms. The van der Waals surface area contributed by atoms with Gasteiger partial charge in [0.25, 0.3) is 0 Å². The number of hydrogen-bond acceptors (Lipinski definition) is 6. The van der Waals surface area contributed by atoms with E-state index in [9.17, 15) is 14.4 Å². The second-order valence-corrected chi connectivity index (χ2v) is 13.2. The molecule has 56 heavy (non-hydrogen) atoms. The first-order valence-corrected chi connectivity index (χ1v) is 21.3.